The molecule has 0 aliphatic heterocycles. The summed E-state index contributed by atoms with van der Waals surface area (Å²) in [4.78, 5) is 12.3. The molecule has 2 aromatic heterocycles. The van der Waals surface area contributed by atoms with Crippen LogP contribution in [-0.2, 0) is 19.3 Å². The summed E-state index contributed by atoms with van der Waals surface area (Å²) < 4.78 is 50.4. The molecule has 0 saturated heterocycles. The third kappa shape index (κ3) is 6.07. The van der Waals surface area contributed by atoms with Crippen molar-refractivity contribution in [3.63, 3.8) is 0 Å². The molecule has 184 valence electrons. The topological polar surface area (TPSA) is 69.3 Å². The molecule has 3 aromatic rings. The van der Waals surface area contributed by atoms with Crippen LogP contribution in [-0.4, -0.2) is 22.2 Å². The first kappa shape index (κ1) is 26.8. The molecule has 1 aromatic carbocycles. The Morgan fingerprint density at radius 2 is 1.71 bits per heavy atom. The minimum atomic E-state index is -4.51. The van der Waals surface area contributed by atoms with E-state index in [1.165, 1.54) is 23.7 Å². The van der Waals surface area contributed by atoms with Gasteiger partial charge in [-0.15, -0.1) is 0 Å². The number of benzene rings is 1. The molecular formula is C20H15Cl5F3N3O3. The van der Waals surface area contributed by atoms with Crippen molar-refractivity contribution in [3.05, 3.63) is 66.2 Å². The van der Waals surface area contributed by atoms with Gasteiger partial charge in [0, 0.05) is 18.8 Å². The second kappa shape index (κ2) is 10.9. The fourth-order valence-corrected chi connectivity index (χ4v) is 4.06. The van der Waals surface area contributed by atoms with Crippen molar-refractivity contribution in [1.29, 1.82) is 0 Å². The van der Waals surface area contributed by atoms with Gasteiger partial charge in [0.2, 0.25) is 0 Å². The van der Waals surface area contributed by atoms with Crippen molar-refractivity contribution in [2.75, 3.05) is 6.54 Å². The highest BCUT2D eigenvalue weighted by molar-refractivity contribution is 6.55. The van der Waals surface area contributed by atoms with Gasteiger partial charge in [-0.2, -0.15) is 18.3 Å². The number of nitrogens with zero attached hydrogens (tertiary/aromatic N) is 2. The van der Waals surface area contributed by atoms with E-state index in [2.05, 4.69) is 10.4 Å². The van der Waals surface area contributed by atoms with Crippen LogP contribution in [0.15, 0.2) is 22.6 Å². The Labute approximate surface area is 216 Å². The lowest BCUT2D eigenvalue weighted by atomic mass is 10.3. The number of aryl methyl sites for hydroxylation is 2. The lowest BCUT2D eigenvalue weighted by Gasteiger charge is -2.12. The van der Waals surface area contributed by atoms with Gasteiger partial charge in [0.25, 0.3) is 5.91 Å². The number of rotatable bonds is 8. The zero-order valence-electron chi connectivity index (χ0n) is 17.2. The van der Waals surface area contributed by atoms with E-state index in [-0.39, 0.29) is 62.1 Å². The minimum Gasteiger partial charge on any atom is -0.482 e. The fraction of sp³-hybridized carbons (Fsp3) is 0.300. The van der Waals surface area contributed by atoms with E-state index in [0.717, 1.165) is 6.07 Å². The Morgan fingerprint density at radius 3 is 2.29 bits per heavy atom. The Bertz CT molecular complexity index is 1180. The zero-order chi connectivity index (χ0) is 25.2. The van der Waals surface area contributed by atoms with E-state index in [1.807, 2.05) is 0 Å². The number of carbonyl (C=O) groups is 1. The van der Waals surface area contributed by atoms with Crippen molar-refractivity contribution in [2.45, 2.75) is 32.7 Å². The summed E-state index contributed by atoms with van der Waals surface area (Å²) in [7, 11) is 0. The van der Waals surface area contributed by atoms with Gasteiger partial charge in [0.1, 0.15) is 22.4 Å². The van der Waals surface area contributed by atoms with E-state index in [9.17, 15) is 18.0 Å². The van der Waals surface area contributed by atoms with Crippen molar-refractivity contribution in [2.24, 2.45) is 0 Å². The highest BCUT2D eigenvalue weighted by atomic mass is 35.5. The molecule has 6 nitrogen and oxygen atoms in total. The second-order valence-corrected chi connectivity index (χ2v) is 8.84. The molecule has 2 heterocycles. The highest BCUT2D eigenvalue weighted by Crippen LogP contribution is 2.48. The predicted octanol–water partition coefficient (Wildman–Crippen LogP) is 7.47. The molecule has 0 bridgehead atoms. The number of halogens is 8. The standard InChI is InChI=1S/C20H15Cl5F3N3O3/c1-9-7-12(20(26,27)28)30-31(9)6-2-5-29-19(32)11-4-3-10(34-11)8-33-18-16(24)14(22)13(21)15(23)17(18)25/h3-4,7H,2,5-6,8H2,1H3,(H,29,32). The molecule has 0 atom stereocenters. The molecule has 0 radical (unpaired) electrons. The normalized spacial score (nSPS) is 11.7. The Morgan fingerprint density at radius 1 is 1.09 bits per heavy atom. The maximum absolute atomic E-state index is 12.7. The van der Waals surface area contributed by atoms with Gasteiger partial charge in [0.15, 0.2) is 17.2 Å². The summed E-state index contributed by atoms with van der Waals surface area (Å²) in [5.74, 6) is -0.204. The number of hydrogen-bond donors (Lipinski definition) is 1. The molecular weight excluding hydrogens is 564 g/mol. The molecule has 1 N–H and O–H groups in total. The largest absolute Gasteiger partial charge is 0.482 e. The molecule has 0 aliphatic rings. The first-order chi connectivity index (χ1) is 15.9. The van der Waals surface area contributed by atoms with Crippen LogP contribution >= 0.6 is 58.0 Å². The van der Waals surface area contributed by atoms with E-state index < -0.39 is 17.8 Å². The fourth-order valence-electron chi connectivity index (χ4n) is 2.83. The predicted molar refractivity (Wildman–Crippen MR) is 123 cm³/mol. The molecule has 1 amide bonds. The summed E-state index contributed by atoms with van der Waals surface area (Å²) in [6.07, 6.45) is -4.15. The number of ether oxygens (including phenoxy) is 1. The van der Waals surface area contributed by atoms with Gasteiger partial charge in [-0.25, -0.2) is 0 Å². The molecule has 3 rings (SSSR count). The maximum atomic E-state index is 12.7. The van der Waals surface area contributed by atoms with Crippen molar-refractivity contribution < 1.29 is 27.1 Å². The van der Waals surface area contributed by atoms with Crippen molar-refractivity contribution in [3.8, 4) is 5.75 Å². The molecule has 0 saturated carbocycles. The Hall–Kier alpha value is -1.78. The van der Waals surface area contributed by atoms with Gasteiger partial charge >= 0.3 is 6.18 Å². The summed E-state index contributed by atoms with van der Waals surface area (Å²) in [6, 6.07) is 3.92. The molecule has 0 fully saturated rings. The van der Waals surface area contributed by atoms with E-state index in [0.29, 0.717) is 12.1 Å². The third-order valence-electron chi connectivity index (χ3n) is 4.52. The van der Waals surface area contributed by atoms with Crippen LogP contribution in [0.5, 0.6) is 5.75 Å². The average molecular weight is 580 g/mol. The number of nitrogens with one attached hydrogen (secondary N) is 1. The summed E-state index contributed by atoms with van der Waals surface area (Å²) in [5, 5.41) is 6.05. The van der Waals surface area contributed by atoms with Crippen LogP contribution in [0, 0.1) is 6.92 Å². The van der Waals surface area contributed by atoms with Crippen LogP contribution in [0.3, 0.4) is 0 Å². The summed E-state index contributed by atoms with van der Waals surface area (Å²) in [6.45, 7) is 1.78. The second-order valence-electron chi connectivity index (χ2n) is 6.95. The number of hydrogen-bond acceptors (Lipinski definition) is 4. The molecule has 0 aliphatic carbocycles. The zero-order valence-corrected chi connectivity index (χ0v) is 21.0. The summed E-state index contributed by atoms with van der Waals surface area (Å²) in [5.41, 5.74) is -0.581. The van der Waals surface area contributed by atoms with Crippen LogP contribution in [0.4, 0.5) is 13.2 Å². The van der Waals surface area contributed by atoms with Gasteiger partial charge in [0.05, 0.1) is 15.1 Å². The number of amides is 1. The van der Waals surface area contributed by atoms with Crippen LogP contribution in [0.25, 0.3) is 0 Å². The lowest BCUT2D eigenvalue weighted by Crippen LogP contribution is -2.25. The SMILES string of the molecule is Cc1cc(C(F)(F)F)nn1CCCNC(=O)c1ccc(COc2c(Cl)c(Cl)c(Cl)c(Cl)c2Cl)o1. The highest BCUT2D eigenvalue weighted by Gasteiger charge is 2.34. The number of alkyl halides is 3. The van der Waals surface area contributed by atoms with Gasteiger partial charge in [-0.1, -0.05) is 58.0 Å². The van der Waals surface area contributed by atoms with Crippen molar-refractivity contribution in [1.82, 2.24) is 15.1 Å². The molecule has 0 unspecified atom stereocenters. The lowest BCUT2D eigenvalue weighted by molar-refractivity contribution is -0.141. The van der Waals surface area contributed by atoms with E-state index in [1.54, 1.807) is 0 Å². The van der Waals surface area contributed by atoms with Crippen LogP contribution in [0.1, 0.15) is 34.1 Å². The molecule has 0 spiro atoms. The average Bonchev–Trinajstić information content (AvgIpc) is 3.40. The monoisotopic (exact) mass is 577 g/mol. The van der Waals surface area contributed by atoms with Crippen LogP contribution in [0.2, 0.25) is 25.1 Å². The summed E-state index contributed by atoms with van der Waals surface area (Å²) >= 11 is 30.1. The van der Waals surface area contributed by atoms with Gasteiger partial charge in [-0.3, -0.25) is 9.48 Å². The van der Waals surface area contributed by atoms with E-state index in [4.69, 9.17) is 67.2 Å². The number of furan rings is 1. The van der Waals surface area contributed by atoms with Gasteiger partial charge < -0.3 is 14.5 Å². The Kier molecular flexibility index (Phi) is 8.57. The Balaban J connectivity index is 1.52. The van der Waals surface area contributed by atoms with Crippen LogP contribution < -0.4 is 10.1 Å². The van der Waals surface area contributed by atoms with E-state index >= 15 is 0 Å². The molecule has 34 heavy (non-hydrogen) atoms. The molecule has 14 heteroatoms. The first-order valence-corrected chi connectivity index (χ1v) is 11.4. The number of carbonyl (C=O) groups excluding carboxylic acids is 1. The quantitative estimate of drug-likeness (QED) is 0.171. The smallest absolute Gasteiger partial charge is 0.435 e. The first-order valence-electron chi connectivity index (χ1n) is 9.53. The number of aromatic nitrogens is 2. The minimum absolute atomic E-state index is 0.00716. The third-order valence-corrected chi connectivity index (χ3v) is 6.76. The van der Waals surface area contributed by atoms with Gasteiger partial charge in [-0.05, 0) is 31.5 Å². The van der Waals surface area contributed by atoms with Crippen molar-refractivity contribution >= 4 is 63.9 Å². The maximum Gasteiger partial charge on any atom is 0.435 e.